The van der Waals surface area contributed by atoms with Crippen molar-refractivity contribution in [1.29, 1.82) is 0 Å². The molecular formula is C11H15FN2O. The van der Waals surface area contributed by atoms with E-state index in [1.807, 2.05) is 20.8 Å². The van der Waals surface area contributed by atoms with Gasteiger partial charge in [0.1, 0.15) is 5.82 Å². The molecule has 1 aliphatic heterocycles. The van der Waals surface area contributed by atoms with Crippen LogP contribution in [0.5, 0.6) is 0 Å². The minimum absolute atomic E-state index is 0.214. The van der Waals surface area contributed by atoms with Crippen LogP contribution in [0.4, 0.5) is 4.39 Å². The van der Waals surface area contributed by atoms with E-state index in [0.29, 0.717) is 31.0 Å². The molecule has 2 heterocycles. The van der Waals surface area contributed by atoms with Gasteiger partial charge in [0.2, 0.25) is 5.95 Å². The third-order valence-corrected chi connectivity index (χ3v) is 2.44. The van der Waals surface area contributed by atoms with Crippen LogP contribution >= 0.6 is 0 Å². The highest BCUT2D eigenvalue weighted by Crippen LogP contribution is 2.23. The summed E-state index contributed by atoms with van der Waals surface area (Å²) in [6.45, 7) is 6.85. The smallest absolute Gasteiger partial charge is 0.222 e. The number of nitrogens with zero attached hydrogens (tertiary/aromatic N) is 2. The Hall–Kier alpha value is -1.03. The first kappa shape index (κ1) is 10.5. The third-order valence-electron chi connectivity index (χ3n) is 2.44. The van der Waals surface area contributed by atoms with Crippen LogP contribution in [0.1, 0.15) is 37.9 Å². The number of hydrogen-bond acceptors (Lipinski definition) is 3. The van der Waals surface area contributed by atoms with Crippen molar-refractivity contribution in [3.63, 3.8) is 0 Å². The van der Waals surface area contributed by atoms with Crippen molar-refractivity contribution in [3.8, 4) is 0 Å². The lowest BCUT2D eigenvalue weighted by Gasteiger charge is -2.21. The summed E-state index contributed by atoms with van der Waals surface area (Å²) in [6.07, 6.45) is 0.678. The predicted octanol–water partition coefficient (Wildman–Crippen LogP) is 1.99. The predicted molar refractivity (Wildman–Crippen MR) is 54.1 cm³/mol. The van der Waals surface area contributed by atoms with Gasteiger partial charge in [-0.3, -0.25) is 0 Å². The van der Waals surface area contributed by atoms with Crippen LogP contribution in [0, 0.1) is 5.95 Å². The fourth-order valence-corrected chi connectivity index (χ4v) is 1.53. The SMILES string of the molecule is CC(C)(C)c1nc(F)c2c(n1)CCOC2. The van der Waals surface area contributed by atoms with Crippen LogP contribution in [0.25, 0.3) is 0 Å². The average Bonchev–Trinajstić information content (AvgIpc) is 2.16. The van der Waals surface area contributed by atoms with Crippen LogP contribution in [0.3, 0.4) is 0 Å². The minimum atomic E-state index is -0.426. The molecule has 0 aliphatic carbocycles. The highest BCUT2D eigenvalue weighted by molar-refractivity contribution is 5.22. The number of fused-ring (bicyclic) bond motifs is 1. The molecule has 1 aromatic rings. The molecule has 0 amide bonds. The van der Waals surface area contributed by atoms with E-state index in [1.165, 1.54) is 0 Å². The molecule has 4 heteroatoms. The molecule has 82 valence electrons. The van der Waals surface area contributed by atoms with Gasteiger partial charge in [0.25, 0.3) is 0 Å². The Kier molecular flexibility index (Phi) is 2.46. The van der Waals surface area contributed by atoms with Crippen molar-refractivity contribution in [3.05, 3.63) is 23.0 Å². The quantitative estimate of drug-likeness (QED) is 0.614. The monoisotopic (exact) mass is 210 g/mol. The molecule has 1 aliphatic rings. The lowest BCUT2D eigenvalue weighted by Crippen LogP contribution is -2.22. The summed E-state index contributed by atoms with van der Waals surface area (Å²) in [7, 11) is 0. The standard InChI is InChI=1S/C11H15FN2O/c1-11(2,3)10-13-8-4-5-15-6-7(8)9(12)14-10/h4-6H2,1-3H3. The minimum Gasteiger partial charge on any atom is -0.376 e. The lowest BCUT2D eigenvalue weighted by atomic mass is 9.95. The van der Waals surface area contributed by atoms with Crippen molar-refractivity contribution in [1.82, 2.24) is 9.97 Å². The highest BCUT2D eigenvalue weighted by Gasteiger charge is 2.23. The Morgan fingerprint density at radius 3 is 2.67 bits per heavy atom. The summed E-state index contributed by atoms with van der Waals surface area (Å²) in [5.41, 5.74) is 1.11. The van der Waals surface area contributed by atoms with Crippen LogP contribution < -0.4 is 0 Å². The number of aromatic nitrogens is 2. The number of ether oxygens (including phenoxy) is 1. The van der Waals surface area contributed by atoms with Crippen molar-refractivity contribution in [2.24, 2.45) is 0 Å². The van der Waals surface area contributed by atoms with Gasteiger partial charge in [-0.2, -0.15) is 4.39 Å². The Balaban J connectivity index is 2.50. The topological polar surface area (TPSA) is 35.0 Å². The van der Waals surface area contributed by atoms with Crippen molar-refractivity contribution in [2.75, 3.05) is 6.61 Å². The summed E-state index contributed by atoms with van der Waals surface area (Å²) in [5, 5.41) is 0. The van der Waals surface area contributed by atoms with Gasteiger partial charge >= 0.3 is 0 Å². The summed E-state index contributed by atoms with van der Waals surface area (Å²) in [6, 6.07) is 0. The molecule has 0 spiro atoms. The Labute approximate surface area is 88.7 Å². The molecule has 3 nitrogen and oxygen atoms in total. The lowest BCUT2D eigenvalue weighted by molar-refractivity contribution is 0.104. The first-order valence-corrected chi connectivity index (χ1v) is 5.12. The third kappa shape index (κ3) is 2.00. The van der Waals surface area contributed by atoms with Gasteiger partial charge in [-0.25, -0.2) is 9.97 Å². The van der Waals surface area contributed by atoms with E-state index in [1.54, 1.807) is 0 Å². The second kappa shape index (κ2) is 3.52. The summed E-state index contributed by atoms with van der Waals surface area (Å²) in [4.78, 5) is 8.31. The molecule has 0 radical (unpaired) electrons. The van der Waals surface area contributed by atoms with E-state index in [9.17, 15) is 4.39 Å². The molecule has 0 saturated heterocycles. The highest BCUT2D eigenvalue weighted by atomic mass is 19.1. The zero-order chi connectivity index (χ0) is 11.1. The first-order chi connectivity index (χ1) is 6.98. The van der Waals surface area contributed by atoms with Crippen molar-refractivity contribution < 1.29 is 9.13 Å². The van der Waals surface area contributed by atoms with E-state index < -0.39 is 5.95 Å². The molecule has 0 bridgehead atoms. The molecule has 0 unspecified atom stereocenters. The number of hydrogen-bond donors (Lipinski definition) is 0. The molecule has 0 fully saturated rings. The average molecular weight is 210 g/mol. The van der Waals surface area contributed by atoms with Gasteiger partial charge in [-0.1, -0.05) is 20.8 Å². The summed E-state index contributed by atoms with van der Waals surface area (Å²) >= 11 is 0. The fourth-order valence-electron chi connectivity index (χ4n) is 1.53. The molecule has 0 saturated carbocycles. The first-order valence-electron chi connectivity index (χ1n) is 5.12. The second-order valence-electron chi connectivity index (χ2n) is 4.82. The Morgan fingerprint density at radius 2 is 2.00 bits per heavy atom. The molecule has 0 aromatic carbocycles. The van der Waals surface area contributed by atoms with Crippen LogP contribution in [0.15, 0.2) is 0 Å². The molecule has 1 aromatic heterocycles. The van der Waals surface area contributed by atoms with E-state index in [4.69, 9.17) is 4.74 Å². The maximum atomic E-state index is 13.6. The maximum absolute atomic E-state index is 13.6. The van der Waals surface area contributed by atoms with Gasteiger partial charge in [0, 0.05) is 11.8 Å². The molecule has 15 heavy (non-hydrogen) atoms. The van der Waals surface area contributed by atoms with E-state index in [0.717, 1.165) is 5.69 Å². The van der Waals surface area contributed by atoms with Gasteiger partial charge in [-0.05, 0) is 0 Å². The molecule has 0 N–H and O–H groups in total. The van der Waals surface area contributed by atoms with Gasteiger partial charge < -0.3 is 4.74 Å². The van der Waals surface area contributed by atoms with E-state index >= 15 is 0 Å². The maximum Gasteiger partial charge on any atom is 0.222 e. The molecule has 2 rings (SSSR count). The van der Waals surface area contributed by atoms with Gasteiger partial charge in [0.15, 0.2) is 0 Å². The summed E-state index contributed by atoms with van der Waals surface area (Å²) in [5.74, 6) is 0.144. The fraction of sp³-hybridized carbons (Fsp3) is 0.636. The zero-order valence-corrected chi connectivity index (χ0v) is 9.30. The van der Waals surface area contributed by atoms with Crippen LogP contribution in [0.2, 0.25) is 0 Å². The largest absolute Gasteiger partial charge is 0.376 e. The van der Waals surface area contributed by atoms with E-state index in [2.05, 4.69) is 9.97 Å². The van der Waals surface area contributed by atoms with Crippen LogP contribution in [-0.4, -0.2) is 16.6 Å². The molecule has 0 atom stereocenters. The number of halogens is 1. The normalized spacial score (nSPS) is 16.3. The van der Waals surface area contributed by atoms with E-state index in [-0.39, 0.29) is 5.41 Å². The Bertz CT molecular complexity index is 385. The molecular weight excluding hydrogens is 195 g/mol. The van der Waals surface area contributed by atoms with Crippen LogP contribution in [-0.2, 0) is 23.2 Å². The van der Waals surface area contributed by atoms with Gasteiger partial charge in [0.05, 0.1) is 24.5 Å². The Morgan fingerprint density at radius 1 is 1.27 bits per heavy atom. The number of rotatable bonds is 0. The van der Waals surface area contributed by atoms with Crippen molar-refractivity contribution in [2.45, 2.75) is 39.2 Å². The van der Waals surface area contributed by atoms with Crippen molar-refractivity contribution >= 4 is 0 Å². The van der Waals surface area contributed by atoms with Gasteiger partial charge in [-0.15, -0.1) is 0 Å². The summed E-state index contributed by atoms with van der Waals surface area (Å²) < 4.78 is 18.8. The second-order valence-corrected chi connectivity index (χ2v) is 4.82. The zero-order valence-electron chi connectivity index (χ0n) is 9.30.